The zero-order valence-corrected chi connectivity index (χ0v) is 15.1. The second-order valence-electron chi connectivity index (χ2n) is 6.59. The van der Waals surface area contributed by atoms with Gasteiger partial charge < -0.3 is 15.1 Å². The molecule has 2 amide bonds. The van der Waals surface area contributed by atoms with Gasteiger partial charge in [-0.05, 0) is 48.8 Å². The topological polar surface area (TPSA) is 61.4 Å². The number of nitrogens with one attached hydrogen (secondary N) is 1. The summed E-state index contributed by atoms with van der Waals surface area (Å²) in [5, 5.41) is 13.9. The summed E-state index contributed by atoms with van der Waals surface area (Å²) in [6, 6.07) is 6.26. The minimum Gasteiger partial charge on any atom is -0.352 e. The van der Waals surface area contributed by atoms with Crippen LogP contribution < -0.4 is 10.2 Å². The molecular formula is C18H23N5OS. The number of rotatable bonds is 3. The van der Waals surface area contributed by atoms with Gasteiger partial charge in [0.15, 0.2) is 5.82 Å². The second kappa shape index (κ2) is 7.39. The minimum atomic E-state index is 0.0181. The molecule has 0 unspecified atom stereocenters. The smallest absolute Gasteiger partial charge is 0.317 e. The first-order chi connectivity index (χ1) is 12.3. The zero-order valence-electron chi connectivity index (χ0n) is 14.3. The molecule has 0 spiro atoms. The van der Waals surface area contributed by atoms with Gasteiger partial charge in [-0.2, -0.15) is 5.10 Å². The van der Waals surface area contributed by atoms with E-state index < -0.39 is 0 Å². The van der Waals surface area contributed by atoms with Crippen LogP contribution in [0, 0.1) is 0 Å². The molecule has 6 nitrogen and oxygen atoms in total. The van der Waals surface area contributed by atoms with Gasteiger partial charge in [-0.3, -0.25) is 0 Å². The average molecular weight is 357 g/mol. The third-order valence-corrected chi connectivity index (χ3v) is 5.82. The summed E-state index contributed by atoms with van der Waals surface area (Å²) in [5.41, 5.74) is 2.52. The summed E-state index contributed by atoms with van der Waals surface area (Å²) in [4.78, 5) is 17.6. The molecule has 2 aliphatic rings. The fourth-order valence-electron chi connectivity index (χ4n) is 3.46. The monoisotopic (exact) mass is 357 g/mol. The highest BCUT2D eigenvalue weighted by molar-refractivity contribution is 7.09. The van der Waals surface area contributed by atoms with Crippen molar-refractivity contribution in [2.24, 2.45) is 0 Å². The maximum atomic E-state index is 12.3. The Labute approximate surface area is 151 Å². The maximum Gasteiger partial charge on any atom is 0.317 e. The van der Waals surface area contributed by atoms with Crippen molar-refractivity contribution in [2.75, 3.05) is 31.1 Å². The predicted molar refractivity (Wildman–Crippen MR) is 99.0 cm³/mol. The number of thiophene rings is 1. The third-order valence-electron chi connectivity index (χ3n) is 4.94. The van der Waals surface area contributed by atoms with E-state index in [2.05, 4.69) is 26.5 Å². The number of piperazine rings is 1. The van der Waals surface area contributed by atoms with E-state index in [4.69, 9.17) is 0 Å². The van der Waals surface area contributed by atoms with E-state index in [0.29, 0.717) is 6.54 Å². The molecule has 7 heteroatoms. The molecular weight excluding hydrogens is 334 g/mol. The normalized spacial score (nSPS) is 17.3. The Bertz CT molecular complexity index is 725. The molecule has 1 aliphatic heterocycles. The molecule has 0 aromatic carbocycles. The highest BCUT2D eigenvalue weighted by Crippen LogP contribution is 2.23. The molecule has 25 heavy (non-hydrogen) atoms. The van der Waals surface area contributed by atoms with Gasteiger partial charge in [-0.25, -0.2) is 4.79 Å². The predicted octanol–water partition coefficient (Wildman–Crippen LogP) is 2.45. The lowest BCUT2D eigenvalue weighted by molar-refractivity contribution is 0.194. The Morgan fingerprint density at radius 2 is 2.00 bits per heavy atom. The number of carbonyl (C=O) groups excluding carboxylic acids is 1. The van der Waals surface area contributed by atoms with Crippen LogP contribution in [-0.2, 0) is 19.4 Å². The lowest BCUT2D eigenvalue weighted by Crippen LogP contribution is -2.52. The van der Waals surface area contributed by atoms with Crippen LogP contribution in [0.4, 0.5) is 10.6 Å². The summed E-state index contributed by atoms with van der Waals surface area (Å²) in [5.74, 6) is 0.958. The highest BCUT2D eigenvalue weighted by Gasteiger charge is 2.23. The van der Waals surface area contributed by atoms with Gasteiger partial charge in [0, 0.05) is 31.1 Å². The Balaban J connectivity index is 1.31. The molecule has 132 valence electrons. The third kappa shape index (κ3) is 3.76. The molecule has 3 heterocycles. The average Bonchev–Trinajstić information content (AvgIpc) is 3.19. The van der Waals surface area contributed by atoms with Gasteiger partial charge in [0.1, 0.15) is 0 Å². The molecule has 1 fully saturated rings. The Morgan fingerprint density at radius 3 is 2.80 bits per heavy atom. The summed E-state index contributed by atoms with van der Waals surface area (Å²) >= 11 is 1.66. The van der Waals surface area contributed by atoms with Crippen LogP contribution in [0.2, 0.25) is 0 Å². The number of aromatic nitrogens is 2. The van der Waals surface area contributed by atoms with E-state index in [1.807, 2.05) is 22.4 Å². The maximum absolute atomic E-state index is 12.3. The van der Waals surface area contributed by atoms with E-state index in [-0.39, 0.29) is 6.03 Å². The van der Waals surface area contributed by atoms with Gasteiger partial charge in [0.05, 0.1) is 12.2 Å². The van der Waals surface area contributed by atoms with Crippen molar-refractivity contribution in [3.63, 3.8) is 0 Å². The van der Waals surface area contributed by atoms with E-state index in [0.717, 1.165) is 44.8 Å². The number of nitrogens with zero attached hydrogens (tertiary/aromatic N) is 4. The molecule has 0 atom stereocenters. The summed E-state index contributed by atoms with van der Waals surface area (Å²) in [7, 11) is 0. The Morgan fingerprint density at radius 1 is 1.16 bits per heavy atom. The number of fused-ring (bicyclic) bond motifs is 1. The molecule has 0 bridgehead atoms. The number of aryl methyl sites for hydroxylation is 2. The zero-order chi connectivity index (χ0) is 17.1. The van der Waals surface area contributed by atoms with E-state index in [1.54, 1.807) is 11.3 Å². The summed E-state index contributed by atoms with van der Waals surface area (Å²) in [6.07, 6.45) is 4.64. The Hall–Kier alpha value is -2.15. The second-order valence-corrected chi connectivity index (χ2v) is 7.63. The van der Waals surface area contributed by atoms with Crippen LogP contribution in [0.5, 0.6) is 0 Å². The van der Waals surface area contributed by atoms with Gasteiger partial charge in [0.25, 0.3) is 0 Å². The molecule has 1 aliphatic carbocycles. The minimum absolute atomic E-state index is 0.0181. The van der Waals surface area contributed by atoms with Gasteiger partial charge in [-0.15, -0.1) is 16.4 Å². The van der Waals surface area contributed by atoms with Crippen molar-refractivity contribution >= 4 is 23.2 Å². The summed E-state index contributed by atoms with van der Waals surface area (Å²) in [6.45, 7) is 3.65. The molecule has 1 N–H and O–H groups in total. The SMILES string of the molecule is O=C(NCc1cccs1)N1CCN(c2cc3c(nn2)CCCC3)CC1. The first kappa shape index (κ1) is 16.3. The van der Waals surface area contributed by atoms with Crippen LogP contribution >= 0.6 is 11.3 Å². The van der Waals surface area contributed by atoms with Crippen LogP contribution in [0.25, 0.3) is 0 Å². The fraction of sp³-hybridized carbons (Fsp3) is 0.500. The Kier molecular flexibility index (Phi) is 4.83. The molecule has 4 rings (SSSR count). The van der Waals surface area contributed by atoms with Crippen molar-refractivity contribution in [1.82, 2.24) is 20.4 Å². The van der Waals surface area contributed by atoms with Gasteiger partial charge in [-0.1, -0.05) is 6.07 Å². The molecule has 0 saturated carbocycles. The quantitative estimate of drug-likeness (QED) is 0.917. The lowest BCUT2D eigenvalue weighted by atomic mass is 9.97. The van der Waals surface area contributed by atoms with Crippen LogP contribution in [0.1, 0.15) is 29.0 Å². The van der Waals surface area contributed by atoms with Crippen molar-refractivity contribution in [2.45, 2.75) is 32.2 Å². The molecule has 0 radical (unpaired) electrons. The van der Waals surface area contributed by atoms with Crippen LogP contribution in [-0.4, -0.2) is 47.3 Å². The molecule has 2 aromatic rings. The lowest BCUT2D eigenvalue weighted by Gasteiger charge is -2.35. The van der Waals surface area contributed by atoms with E-state index in [1.165, 1.54) is 29.0 Å². The fourth-order valence-corrected chi connectivity index (χ4v) is 4.10. The van der Waals surface area contributed by atoms with Crippen LogP contribution in [0.3, 0.4) is 0 Å². The standard InChI is InChI=1S/C18H23N5OS/c24-18(19-13-15-5-3-11-25-15)23-9-7-22(8-10-23)17-12-14-4-1-2-6-16(14)20-21-17/h3,5,11-12H,1-2,4,6-10,13H2,(H,19,24). The summed E-state index contributed by atoms with van der Waals surface area (Å²) < 4.78 is 0. The van der Waals surface area contributed by atoms with Crippen LogP contribution in [0.15, 0.2) is 23.6 Å². The van der Waals surface area contributed by atoms with Gasteiger partial charge >= 0.3 is 6.03 Å². The first-order valence-electron chi connectivity index (χ1n) is 8.95. The van der Waals surface area contributed by atoms with Crippen molar-refractivity contribution in [3.8, 4) is 0 Å². The van der Waals surface area contributed by atoms with E-state index in [9.17, 15) is 4.79 Å². The molecule has 2 aromatic heterocycles. The van der Waals surface area contributed by atoms with Crippen molar-refractivity contribution in [3.05, 3.63) is 39.7 Å². The number of hydrogen-bond donors (Lipinski definition) is 1. The van der Waals surface area contributed by atoms with Gasteiger partial charge in [0.2, 0.25) is 0 Å². The number of carbonyl (C=O) groups is 1. The number of anilines is 1. The first-order valence-corrected chi connectivity index (χ1v) is 9.83. The number of urea groups is 1. The number of hydrogen-bond acceptors (Lipinski definition) is 5. The van der Waals surface area contributed by atoms with Crippen molar-refractivity contribution < 1.29 is 4.79 Å². The highest BCUT2D eigenvalue weighted by atomic mass is 32.1. The molecule has 1 saturated heterocycles. The van der Waals surface area contributed by atoms with Crippen molar-refractivity contribution in [1.29, 1.82) is 0 Å². The number of amides is 2. The van der Waals surface area contributed by atoms with E-state index >= 15 is 0 Å². The largest absolute Gasteiger partial charge is 0.352 e.